The molecule has 1 aromatic heterocycles. The van der Waals surface area contributed by atoms with Gasteiger partial charge in [0.25, 0.3) is 0 Å². The van der Waals surface area contributed by atoms with Gasteiger partial charge in [0.1, 0.15) is 10.8 Å². The van der Waals surface area contributed by atoms with E-state index in [0.717, 1.165) is 50.3 Å². The first-order valence-electron chi connectivity index (χ1n) is 11.9. The fraction of sp³-hybridized carbons (Fsp3) is 0.360. The van der Waals surface area contributed by atoms with E-state index in [9.17, 15) is 8.42 Å². The van der Waals surface area contributed by atoms with Gasteiger partial charge < -0.3 is 25.0 Å². The van der Waals surface area contributed by atoms with Gasteiger partial charge in [0.2, 0.25) is 16.8 Å². The zero-order chi connectivity index (χ0) is 26.2. The van der Waals surface area contributed by atoms with Crippen molar-refractivity contribution in [1.29, 1.82) is 0 Å². The van der Waals surface area contributed by atoms with E-state index in [1.54, 1.807) is 14.2 Å². The summed E-state index contributed by atoms with van der Waals surface area (Å²) in [5.74, 6) is 1.44. The molecule has 12 heteroatoms. The molecule has 0 unspecified atom stereocenters. The second-order valence-electron chi connectivity index (χ2n) is 8.54. The van der Waals surface area contributed by atoms with Crippen LogP contribution >= 0.6 is 11.6 Å². The van der Waals surface area contributed by atoms with Gasteiger partial charge in [-0.1, -0.05) is 29.8 Å². The van der Waals surface area contributed by atoms with E-state index in [1.807, 2.05) is 24.3 Å². The molecule has 10 nitrogen and oxygen atoms in total. The van der Waals surface area contributed by atoms with E-state index < -0.39 is 10.9 Å². The van der Waals surface area contributed by atoms with Crippen molar-refractivity contribution < 1.29 is 17.9 Å². The highest BCUT2D eigenvalue weighted by Crippen LogP contribution is 2.33. The number of para-hydroxylation sites is 1. The monoisotopic (exact) mass is 546 g/mol. The summed E-state index contributed by atoms with van der Waals surface area (Å²) in [6, 6.07) is 11.5. The Morgan fingerprint density at radius 2 is 1.81 bits per heavy atom. The maximum Gasteiger partial charge on any atom is 0.229 e. The number of nitrogens with zero attached hydrogens (tertiary/aromatic N) is 3. The van der Waals surface area contributed by atoms with Crippen molar-refractivity contribution in [3.63, 3.8) is 0 Å². The molecule has 37 heavy (non-hydrogen) atoms. The van der Waals surface area contributed by atoms with E-state index >= 15 is 0 Å². The molecule has 0 spiro atoms. The number of hydrogen-bond donors (Lipinski definition) is 4. The fourth-order valence-corrected chi connectivity index (χ4v) is 4.66. The van der Waals surface area contributed by atoms with Crippen LogP contribution in [0.2, 0.25) is 5.02 Å². The molecule has 2 heterocycles. The molecule has 0 radical (unpaired) electrons. The number of ether oxygens (including phenoxy) is 2. The Labute approximate surface area is 223 Å². The zero-order valence-corrected chi connectivity index (χ0v) is 22.4. The van der Waals surface area contributed by atoms with Crippen LogP contribution in [0.15, 0.2) is 42.6 Å². The van der Waals surface area contributed by atoms with Gasteiger partial charge in [-0.25, -0.2) is 18.1 Å². The van der Waals surface area contributed by atoms with Crippen LogP contribution < -0.4 is 20.1 Å². The smallest absolute Gasteiger partial charge is 0.229 e. The molecule has 1 aliphatic rings. The SMILES string of the molecule is COCCN1CCc2cc(Nc3ncc(Cl)c(Nc4ccccc4CN[SH](=O)=O)n3)c(OC)cc2CC1. The van der Waals surface area contributed by atoms with E-state index in [4.69, 9.17) is 21.1 Å². The molecular formula is C25H31ClN6O4S. The topological polar surface area (TPSA) is 118 Å². The maximum atomic E-state index is 11.0. The number of rotatable bonds is 11. The number of nitrogens with one attached hydrogen (secondary N) is 3. The molecule has 3 N–H and O–H groups in total. The lowest BCUT2D eigenvalue weighted by molar-refractivity contribution is 0.150. The number of methoxy groups -OCH3 is 2. The van der Waals surface area contributed by atoms with Crippen molar-refractivity contribution in [3.05, 3.63) is 64.3 Å². The van der Waals surface area contributed by atoms with Gasteiger partial charge in [-0.15, -0.1) is 0 Å². The van der Waals surface area contributed by atoms with Gasteiger partial charge in [0.05, 0.1) is 25.6 Å². The highest BCUT2D eigenvalue weighted by atomic mass is 35.5. The number of aromatic nitrogens is 2. The summed E-state index contributed by atoms with van der Waals surface area (Å²) in [6.07, 6.45) is 3.38. The van der Waals surface area contributed by atoms with Crippen molar-refractivity contribution >= 4 is 45.6 Å². The number of hydrogen-bond acceptors (Lipinski definition) is 9. The van der Waals surface area contributed by atoms with Gasteiger partial charge in [-0.2, -0.15) is 4.98 Å². The third-order valence-electron chi connectivity index (χ3n) is 6.19. The second kappa shape index (κ2) is 13.0. The van der Waals surface area contributed by atoms with Gasteiger partial charge in [-0.05, 0) is 47.7 Å². The second-order valence-corrected chi connectivity index (χ2v) is 9.78. The van der Waals surface area contributed by atoms with Crippen LogP contribution in [-0.4, -0.2) is 63.7 Å². The first-order chi connectivity index (χ1) is 18.0. The van der Waals surface area contributed by atoms with Crippen molar-refractivity contribution in [2.75, 3.05) is 51.1 Å². The van der Waals surface area contributed by atoms with Crippen molar-refractivity contribution in [1.82, 2.24) is 19.6 Å². The van der Waals surface area contributed by atoms with Crippen LogP contribution in [-0.2, 0) is 35.0 Å². The predicted molar refractivity (Wildman–Crippen MR) is 146 cm³/mol. The first-order valence-corrected chi connectivity index (χ1v) is 13.5. The summed E-state index contributed by atoms with van der Waals surface area (Å²) < 4.78 is 35.3. The van der Waals surface area contributed by atoms with E-state index in [1.165, 1.54) is 17.3 Å². The third-order valence-corrected chi connectivity index (χ3v) is 6.88. The molecular weight excluding hydrogens is 516 g/mol. The maximum absolute atomic E-state index is 11.0. The Bertz CT molecular complexity index is 1300. The Kier molecular flexibility index (Phi) is 9.53. The number of anilines is 4. The van der Waals surface area contributed by atoms with Gasteiger partial charge in [-0.3, -0.25) is 0 Å². The molecule has 3 aromatic rings. The van der Waals surface area contributed by atoms with E-state index in [2.05, 4.69) is 42.4 Å². The summed E-state index contributed by atoms with van der Waals surface area (Å²) >= 11 is 6.38. The van der Waals surface area contributed by atoms with Gasteiger partial charge in [0.15, 0.2) is 5.82 Å². The average Bonchev–Trinajstić information content (AvgIpc) is 3.10. The molecule has 0 saturated carbocycles. The van der Waals surface area contributed by atoms with E-state index in [-0.39, 0.29) is 6.54 Å². The van der Waals surface area contributed by atoms with Crippen LogP contribution in [0.4, 0.5) is 23.1 Å². The van der Waals surface area contributed by atoms with Crippen molar-refractivity contribution in [2.24, 2.45) is 0 Å². The van der Waals surface area contributed by atoms with Gasteiger partial charge in [0, 0.05) is 39.0 Å². The molecule has 2 aromatic carbocycles. The molecule has 4 rings (SSSR count). The minimum atomic E-state index is -2.71. The first kappa shape index (κ1) is 27.1. The molecule has 0 aliphatic carbocycles. The molecule has 0 amide bonds. The molecule has 0 fully saturated rings. The van der Waals surface area contributed by atoms with Crippen LogP contribution in [0.1, 0.15) is 16.7 Å². The largest absolute Gasteiger partial charge is 0.495 e. The van der Waals surface area contributed by atoms with Crippen molar-refractivity contribution in [2.45, 2.75) is 19.4 Å². The van der Waals surface area contributed by atoms with Crippen LogP contribution in [0.5, 0.6) is 5.75 Å². The van der Waals surface area contributed by atoms with Crippen LogP contribution in [0, 0.1) is 0 Å². The third kappa shape index (κ3) is 7.30. The normalized spacial score (nSPS) is 13.7. The Balaban J connectivity index is 1.54. The fourth-order valence-electron chi connectivity index (χ4n) is 4.22. The highest BCUT2D eigenvalue weighted by Gasteiger charge is 2.18. The Morgan fingerprint density at radius 1 is 1.05 bits per heavy atom. The molecule has 1 aliphatic heterocycles. The molecule has 198 valence electrons. The van der Waals surface area contributed by atoms with Crippen LogP contribution in [0.25, 0.3) is 0 Å². The summed E-state index contributed by atoms with van der Waals surface area (Å²) in [5.41, 5.74) is 4.72. The Morgan fingerprint density at radius 3 is 2.54 bits per heavy atom. The lowest BCUT2D eigenvalue weighted by Gasteiger charge is -2.18. The summed E-state index contributed by atoms with van der Waals surface area (Å²) in [7, 11) is 0.658. The number of halogens is 1. The summed E-state index contributed by atoms with van der Waals surface area (Å²) in [6.45, 7) is 3.71. The standard InChI is InChI=1S/C25H31ClN6O4S/c1-35-12-11-32-9-7-17-13-22(23(36-2)14-18(17)8-10-32)30-25-27-16-20(26)24(31-25)29-21-6-4-3-5-19(21)15-28-37(33)34/h3-6,13-14,16,37H,7-12,15H2,1-2H3,(H,28,33,34)(H2,27,29,30,31). The van der Waals surface area contributed by atoms with E-state index in [0.29, 0.717) is 28.2 Å². The number of fused-ring (bicyclic) bond motifs is 1. The summed E-state index contributed by atoms with van der Waals surface area (Å²) in [5, 5.41) is 6.79. The molecule has 0 bridgehead atoms. The van der Waals surface area contributed by atoms with Crippen molar-refractivity contribution in [3.8, 4) is 5.75 Å². The minimum Gasteiger partial charge on any atom is -0.495 e. The predicted octanol–water partition coefficient (Wildman–Crippen LogP) is 3.29. The quantitative estimate of drug-likeness (QED) is 0.269. The Hall–Kier alpha value is -2.96. The average molecular weight is 547 g/mol. The number of benzene rings is 2. The zero-order valence-electron chi connectivity index (χ0n) is 20.8. The minimum absolute atomic E-state index is 0.144. The highest BCUT2D eigenvalue weighted by molar-refractivity contribution is 7.70. The lowest BCUT2D eigenvalue weighted by atomic mass is 10.0. The summed E-state index contributed by atoms with van der Waals surface area (Å²) in [4.78, 5) is 11.3. The number of thiol groups is 1. The van der Waals surface area contributed by atoms with Gasteiger partial charge >= 0.3 is 0 Å². The molecule has 0 saturated heterocycles. The molecule has 0 atom stereocenters. The lowest BCUT2D eigenvalue weighted by Crippen LogP contribution is -2.29. The van der Waals surface area contributed by atoms with Crippen LogP contribution in [0.3, 0.4) is 0 Å².